The molecule has 0 bridgehead atoms. The first-order chi connectivity index (χ1) is 13.1. The molecule has 6 heteroatoms. The van der Waals surface area contributed by atoms with E-state index in [1.165, 1.54) is 16.9 Å². The van der Waals surface area contributed by atoms with E-state index < -0.39 is 0 Å². The second-order valence-corrected chi connectivity index (χ2v) is 8.27. The quantitative estimate of drug-likeness (QED) is 0.672. The average Bonchev–Trinajstić information content (AvgIpc) is 3.32. The van der Waals surface area contributed by atoms with E-state index in [4.69, 9.17) is 4.74 Å². The monoisotopic (exact) mass is 387 g/mol. The summed E-state index contributed by atoms with van der Waals surface area (Å²) in [5.41, 5.74) is 1.28. The highest BCUT2D eigenvalue weighted by Crippen LogP contribution is 2.18. The van der Waals surface area contributed by atoms with Crippen LogP contribution >= 0.6 is 11.3 Å². The number of hydrogen-bond donors (Lipinski definition) is 1. The Morgan fingerprint density at radius 3 is 2.81 bits per heavy atom. The van der Waals surface area contributed by atoms with E-state index in [1.54, 1.807) is 0 Å². The number of nitrogens with one attached hydrogen (secondary N) is 1. The molecule has 5 nitrogen and oxygen atoms in total. The Kier molecular flexibility index (Phi) is 7.26. The van der Waals surface area contributed by atoms with Gasteiger partial charge in [-0.1, -0.05) is 18.2 Å². The van der Waals surface area contributed by atoms with Gasteiger partial charge in [0.15, 0.2) is 0 Å². The van der Waals surface area contributed by atoms with Gasteiger partial charge < -0.3 is 15.0 Å². The van der Waals surface area contributed by atoms with Gasteiger partial charge >= 0.3 is 0 Å². The van der Waals surface area contributed by atoms with Crippen LogP contribution in [0.25, 0.3) is 0 Å². The first kappa shape index (κ1) is 19.9. The Morgan fingerprint density at radius 1 is 1.30 bits per heavy atom. The van der Waals surface area contributed by atoms with Gasteiger partial charge in [-0.05, 0) is 56.1 Å². The number of ether oxygens (including phenoxy) is 1. The summed E-state index contributed by atoms with van der Waals surface area (Å²) in [5, 5.41) is 5.09. The second-order valence-electron chi connectivity index (χ2n) is 7.32. The van der Waals surface area contributed by atoms with Gasteiger partial charge in [0.1, 0.15) is 5.75 Å². The molecule has 1 amide bonds. The maximum atomic E-state index is 12.2. The molecule has 1 saturated heterocycles. The minimum Gasteiger partial charge on any atom is -0.494 e. The molecule has 0 spiro atoms. The number of rotatable bonds is 9. The van der Waals surface area contributed by atoms with Gasteiger partial charge in [0.2, 0.25) is 0 Å². The lowest BCUT2D eigenvalue weighted by atomic mass is 10.2. The SMILES string of the molecule is CN(C)CCCOc1ccc(CN2CC[C@H](NC(=O)c3cccs3)C2)cc1. The Hall–Kier alpha value is -1.89. The van der Waals surface area contributed by atoms with Gasteiger partial charge in [0.25, 0.3) is 5.91 Å². The summed E-state index contributed by atoms with van der Waals surface area (Å²) in [6, 6.07) is 12.4. The zero-order chi connectivity index (χ0) is 19.1. The van der Waals surface area contributed by atoms with Crippen LogP contribution in [-0.4, -0.2) is 62.1 Å². The van der Waals surface area contributed by atoms with Crippen molar-refractivity contribution in [3.05, 3.63) is 52.2 Å². The van der Waals surface area contributed by atoms with Crippen molar-refractivity contribution in [1.29, 1.82) is 0 Å². The maximum absolute atomic E-state index is 12.2. The number of nitrogens with zero attached hydrogens (tertiary/aromatic N) is 2. The summed E-state index contributed by atoms with van der Waals surface area (Å²) in [7, 11) is 4.15. The van der Waals surface area contributed by atoms with Crippen molar-refractivity contribution >= 4 is 17.2 Å². The van der Waals surface area contributed by atoms with Crippen molar-refractivity contribution in [2.45, 2.75) is 25.4 Å². The fourth-order valence-electron chi connectivity index (χ4n) is 3.28. The lowest BCUT2D eigenvalue weighted by Crippen LogP contribution is -2.36. The molecular formula is C21H29N3O2S. The largest absolute Gasteiger partial charge is 0.494 e. The van der Waals surface area contributed by atoms with Crippen LogP contribution in [0.2, 0.25) is 0 Å². The fraction of sp³-hybridized carbons (Fsp3) is 0.476. The van der Waals surface area contributed by atoms with Gasteiger partial charge in [-0.25, -0.2) is 0 Å². The number of amides is 1. The topological polar surface area (TPSA) is 44.8 Å². The van der Waals surface area contributed by atoms with Crippen LogP contribution in [0, 0.1) is 0 Å². The molecule has 0 aliphatic carbocycles. The fourth-order valence-corrected chi connectivity index (χ4v) is 3.91. The van der Waals surface area contributed by atoms with Crippen LogP contribution in [-0.2, 0) is 6.54 Å². The Bertz CT molecular complexity index is 701. The van der Waals surface area contributed by atoms with E-state index in [-0.39, 0.29) is 11.9 Å². The predicted octanol–water partition coefficient (Wildman–Crippen LogP) is 3.08. The zero-order valence-electron chi connectivity index (χ0n) is 16.2. The zero-order valence-corrected chi connectivity index (χ0v) is 17.0. The van der Waals surface area contributed by atoms with Crippen molar-refractivity contribution < 1.29 is 9.53 Å². The van der Waals surface area contributed by atoms with Gasteiger partial charge in [-0.2, -0.15) is 0 Å². The second kappa shape index (κ2) is 9.88. The summed E-state index contributed by atoms with van der Waals surface area (Å²) < 4.78 is 5.79. The minimum absolute atomic E-state index is 0.0487. The highest BCUT2D eigenvalue weighted by molar-refractivity contribution is 7.12. The average molecular weight is 388 g/mol. The smallest absolute Gasteiger partial charge is 0.261 e. The summed E-state index contributed by atoms with van der Waals surface area (Å²) in [6.07, 6.45) is 2.03. The summed E-state index contributed by atoms with van der Waals surface area (Å²) in [6.45, 7) is 4.61. The van der Waals surface area contributed by atoms with E-state index in [9.17, 15) is 4.79 Å². The van der Waals surface area contributed by atoms with Crippen molar-refractivity contribution in [2.75, 3.05) is 40.3 Å². The van der Waals surface area contributed by atoms with Crippen LogP contribution in [0.1, 0.15) is 28.1 Å². The van der Waals surface area contributed by atoms with Gasteiger partial charge in [0.05, 0.1) is 11.5 Å². The lowest BCUT2D eigenvalue weighted by Gasteiger charge is -2.17. The van der Waals surface area contributed by atoms with Crippen LogP contribution in [0.5, 0.6) is 5.75 Å². The highest BCUT2D eigenvalue weighted by atomic mass is 32.1. The first-order valence-electron chi connectivity index (χ1n) is 9.53. The van der Waals surface area contributed by atoms with Crippen LogP contribution in [0.4, 0.5) is 0 Å². The molecule has 0 radical (unpaired) electrons. The van der Waals surface area contributed by atoms with Crippen LogP contribution in [0.3, 0.4) is 0 Å². The number of thiophene rings is 1. The van der Waals surface area contributed by atoms with Crippen molar-refractivity contribution in [3.8, 4) is 5.75 Å². The highest BCUT2D eigenvalue weighted by Gasteiger charge is 2.24. The third-order valence-electron chi connectivity index (χ3n) is 4.70. The number of hydrogen-bond acceptors (Lipinski definition) is 5. The number of carbonyl (C=O) groups excluding carboxylic acids is 1. The molecule has 1 atom stereocenters. The maximum Gasteiger partial charge on any atom is 0.261 e. The van der Waals surface area contributed by atoms with E-state index >= 15 is 0 Å². The molecule has 0 saturated carbocycles. The Morgan fingerprint density at radius 2 is 2.11 bits per heavy atom. The molecular weight excluding hydrogens is 358 g/mol. The number of carbonyl (C=O) groups is 1. The number of benzene rings is 1. The molecule has 3 rings (SSSR count). The van der Waals surface area contributed by atoms with Gasteiger partial charge in [0, 0.05) is 32.2 Å². The summed E-state index contributed by atoms with van der Waals surface area (Å²) in [4.78, 5) is 17.5. The Balaban J connectivity index is 1.40. The van der Waals surface area contributed by atoms with Crippen molar-refractivity contribution in [1.82, 2.24) is 15.1 Å². The van der Waals surface area contributed by atoms with E-state index in [1.807, 2.05) is 17.5 Å². The Labute approximate surface area is 165 Å². The third-order valence-corrected chi connectivity index (χ3v) is 5.57. The molecule has 1 aliphatic rings. The van der Waals surface area contributed by atoms with Crippen molar-refractivity contribution in [3.63, 3.8) is 0 Å². The molecule has 1 aromatic heterocycles. The molecule has 1 aliphatic heterocycles. The third kappa shape index (κ3) is 6.34. The van der Waals surface area contributed by atoms with E-state index in [0.29, 0.717) is 0 Å². The van der Waals surface area contributed by atoms with Crippen LogP contribution < -0.4 is 10.1 Å². The molecule has 27 heavy (non-hydrogen) atoms. The molecule has 2 heterocycles. The molecule has 1 N–H and O–H groups in total. The van der Waals surface area contributed by atoms with Gasteiger partial charge in [-0.3, -0.25) is 9.69 Å². The number of likely N-dealkylation sites (tertiary alicyclic amines) is 1. The minimum atomic E-state index is 0.0487. The lowest BCUT2D eigenvalue weighted by molar-refractivity contribution is 0.0941. The standard InChI is InChI=1S/C21H29N3O2S/c1-23(2)11-4-13-26-19-8-6-17(7-9-19)15-24-12-10-18(16-24)22-21(25)20-5-3-14-27-20/h3,5-9,14,18H,4,10-13,15-16H2,1-2H3,(H,22,25)/t18-/m0/s1. The van der Waals surface area contributed by atoms with E-state index in [0.717, 1.165) is 56.3 Å². The molecule has 1 aromatic carbocycles. The van der Waals surface area contributed by atoms with Gasteiger partial charge in [-0.15, -0.1) is 11.3 Å². The summed E-state index contributed by atoms with van der Waals surface area (Å²) in [5.74, 6) is 0.979. The first-order valence-corrected chi connectivity index (χ1v) is 10.4. The molecule has 146 valence electrons. The molecule has 1 fully saturated rings. The van der Waals surface area contributed by atoms with Crippen LogP contribution in [0.15, 0.2) is 41.8 Å². The molecule has 0 unspecified atom stereocenters. The summed E-state index contributed by atoms with van der Waals surface area (Å²) >= 11 is 1.49. The van der Waals surface area contributed by atoms with E-state index in [2.05, 4.69) is 53.5 Å². The van der Waals surface area contributed by atoms with Crippen molar-refractivity contribution in [2.24, 2.45) is 0 Å². The predicted molar refractivity (Wildman–Crippen MR) is 111 cm³/mol. The molecule has 2 aromatic rings. The normalized spacial score (nSPS) is 17.4.